The first-order chi connectivity index (χ1) is 9.49. The summed E-state index contributed by atoms with van der Waals surface area (Å²) in [6.45, 7) is 6.58. The van der Waals surface area contributed by atoms with Crippen molar-refractivity contribution in [1.82, 2.24) is 15.0 Å². The molecule has 1 rings (SSSR count). The van der Waals surface area contributed by atoms with Gasteiger partial charge in [0.2, 0.25) is 11.8 Å². The summed E-state index contributed by atoms with van der Waals surface area (Å²) in [6, 6.07) is -0.477. The van der Waals surface area contributed by atoms with Gasteiger partial charge in [-0.1, -0.05) is 18.5 Å². The van der Waals surface area contributed by atoms with Gasteiger partial charge in [-0.05, 0) is 20.3 Å². The lowest BCUT2D eigenvalue weighted by Crippen LogP contribution is -2.41. The molecule has 1 aromatic heterocycles. The van der Waals surface area contributed by atoms with E-state index in [0.29, 0.717) is 24.7 Å². The first kappa shape index (κ1) is 16.6. The molecule has 1 amide bonds. The van der Waals surface area contributed by atoms with E-state index in [2.05, 4.69) is 10.1 Å². The maximum Gasteiger partial charge on any atom is 0.246 e. The number of aromatic nitrogens is 2. The average molecular weight is 284 g/mol. The molecule has 0 spiro atoms. The highest BCUT2D eigenvalue weighted by molar-refractivity contribution is 5.81. The number of hydrogen-bond donors (Lipinski definition) is 1. The van der Waals surface area contributed by atoms with Crippen molar-refractivity contribution in [3.8, 4) is 0 Å². The van der Waals surface area contributed by atoms with Gasteiger partial charge in [0.25, 0.3) is 0 Å². The Labute approximate surface area is 119 Å². The first-order valence-electron chi connectivity index (χ1n) is 6.94. The Bertz CT molecular complexity index is 422. The van der Waals surface area contributed by atoms with Crippen LogP contribution in [0.4, 0.5) is 0 Å². The molecule has 0 aromatic carbocycles. The molecule has 1 aromatic rings. The summed E-state index contributed by atoms with van der Waals surface area (Å²) in [5.41, 5.74) is 5.80. The van der Waals surface area contributed by atoms with Gasteiger partial charge in [0.15, 0.2) is 5.82 Å². The highest BCUT2D eigenvalue weighted by Crippen LogP contribution is 2.13. The molecule has 2 atom stereocenters. The molecule has 114 valence electrons. The maximum absolute atomic E-state index is 12.0. The number of hydrogen-bond acceptors (Lipinski definition) is 6. The van der Waals surface area contributed by atoms with E-state index < -0.39 is 6.04 Å². The van der Waals surface area contributed by atoms with Gasteiger partial charge in [-0.25, -0.2) is 0 Å². The van der Waals surface area contributed by atoms with Crippen LogP contribution in [0.25, 0.3) is 0 Å². The van der Waals surface area contributed by atoms with Crippen LogP contribution in [0, 0.1) is 0 Å². The molecule has 0 aliphatic rings. The van der Waals surface area contributed by atoms with Crippen LogP contribution >= 0.6 is 0 Å². The Hall–Kier alpha value is -1.47. The van der Waals surface area contributed by atoms with E-state index in [-0.39, 0.29) is 18.6 Å². The number of ether oxygens (including phenoxy) is 1. The van der Waals surface area contributed by atoms with E-state index in [1.165, 1.54) is 4.90 Å². The Morgan fingerprint density at radius 2 is 2.20 bits per heavy atom. The smallest absolute Gasteiger partial charge is 0.246 e. The summed E-state index contributed by atoms with van der Waals surface area (Å²) < 4.78 is 10.5. The van der Waals surface area contributed by atoms with Crippen molar-refractivity contribution >= 4 is 5.91 Å². The van der Waals surface area contributed by atoms with Crippen molar-refractivity contribution in [2.75, 3.05) is 13.7 Å². The summed E-state index contributed by atoms with van der Waals surface area (Å²) in [5.74, 6) is 0.746. The molecule has 0 saturated carbocycles. The summed E-state index contributed by atoms with van der Waals surface area (Å²) >= 11 is 0. The number of likely N-dealkylation sites (N-methyl/N-ethyl adjacent to an activating group) is 1. The molecule has 0 aliphatic heterocycles. The van der Waals surface area contributed by atoms with E-state index in [1.54, 1.807) is 7.05 Å². The van der Waals surface area contributed by atoms with Crippen LogP contribution in [-0.2, 0) is 16.1 Å². The van der Waals surface area contributed by atoms with Crippen molar-refractivity contribution in [1.29, 1.82) is 0 Å². The topological polar surface area (TPSA) is 94.5 Å². The lowest BCUT2D eigenvalue weighted by molar-refractivity contribution is -0.132. The molecule has 2 N–H and O–H groups in total. The predicted octanol–water partition coefficient (Wildman–Crippen LogP) is 1.25. The molecule has 0 bridgehead atoms. The van der Waals surface area contributed by atoms with E-state index in [0.717, 1.165) is 6.42 Å². The van der Waals surface area contributed by atoms with Crippen LogP contribution in [0.5, 0.6) is 0 Å². The van der Waals surface area contributed by atoms with Crippen molar-refractivity contribution < 1.29 is 14.1 Å². The third-order valence-corrected chi connectivity index (χ3v) is 2.93. The molecule has 0 saturated heterocycles. The van der Waals surface area contributed by atoms with Gasteiger partial charge in [0.05, 0.1) is 12.6 Å². The van der Waals surface area contributed by atoms with E-state index in [9.17, 15) is 4.79 Å². The first-order valence-corrected chi connectivity index (χ1v) is 6.94. The maximum atomic E-state index is 12.0. The van der Waals surface area contributed by atoms with Crippen LogP contribution in [0.15, 0.2) is 4.52 Å². The Morgan fingerprint density at radius 1 is 1.50 bits per heavy atom. The van der Waals surface area contributed by atoms with Gasteiger partial charge >= 0.3 is 0 Å². The van der Waals surface area contributed by atoms with Crippen molar-refractivity contribution in [3.05, 3.63) is 11.7 Å². The zero-order valence-corrected chi connectivity index (χ0v) is 12.6. The van der Waals surface area contributed by atoms with Gasteiger partial charge < -0.3 is 19.9 Å². The second-order valence-corrected chi connectivity index (χ2v) is 4.73. The van der Waals surface area contributed by atoms with E-state index in [1.807, 2.05) is 20.8 Å². The van der Waals surface area contributed by atoms with Gasteiger partial charge in [0, 0.05) is 13.7 Å². The highest BCUT2D eigenvalue weighted by atomic mass is 16.5. The van der Waals surface area contributed by atoms with Gasteiger partial charge in [-0.3, -0.25) is 4.79 Å². The van der Waals surface area contributed by atoms with Crippen LogP contribution in [0.1, 0.15) is 51.4 Å². The minimum atomic E-state index is -0.477. The number of nitrogens with zero attached hydrogens (tertiary/aromatic N) is 3. The molecule has 1 heterocycles. The van der Waals surface area contributed by atoms with Crippen LogP contribution in [0.2, 0.25) is 0 Å². The minimum absolute atomic E-state index is 0.121. The van der Waals surface area contributed by atoms with Gasteiger partial charge in [-0.15, -0.1) is 0 Å². The molecular weight excluding hydrogens is 260 g/mol. The van der Waals surface area contributed by atoms with Crippen LogP contribution < -0.4 is 5.73 Å². The molecule has 7 heteroatoms. The standard InChI is InChI=1S/C13H24N4O3/c1-5-7-10(14)13(18)17(4)8-11-15-12(16-20-11)9(3)19-6-2/h9-10H,5-8,14H2,1-4H3. The lowest BCUT2D eigenvalue weighted by Gasteiger charge is -2.19. The second kappa shape index (κ2) is 7.96. The summed E-state index contributed by atoms with van der Waals surface area (Å²) in [4.78, 5) is 17.7. The Morgan fingerprint density at radius 3 is 2.80 bits per heavy atom. The van der Waals surface area contributed by atoms with Crippen molar-refractivity contribution in [2.45, 2.75) is 52.3 Å². The fourth-order valence-electron chi connectivity index (χ4n) is 1.82. The number of carbonyl (C=O) groups excluding carboxylic acids is 1. The lowest BCUT2D eigenvalue weighted by atomic mass is 10.1. The summed E-state index contributed by atoms with van der Waals surface area (Å²) in [5, 5.41) is 3.85. The zero-order valence-electron chi connectivity index (χ0n) is 12.6. The zero-order chi connectivity index (χ0) is 15.1. The molecule has 7 nitrogen and oxygen atoms in total. The fourth-order valence-corrected chi connectivity index (χ4v) is 1.82. The largest absolute Gasteiger partial charge is 0.371 e. The normalized spacial score (nSPS) is 14.1. The van der Waals surface area contributed by atoms with Crippen molar-refractivity contribution in [3.63, 3.8) is 0 Å². The quantitative estimate of drug-likeness (QED) is 0.772. The Kier molecular flexibility index (Phi) is 6.60. The highest BCUT2D eigenvalue weighted by Gasteiger charge is 2.20. The van der Waals surface area contributed by atoms with Crippen LogP contribution in [-0.4, -0.2) is 40.6 Å². The summed E-state index contributed by atoms with van der Waals surface area (Å²) in [6.07, 6.45) is 1.32. The second-order valence-electron chi connectivity index (χ2n) is 4.73. The van der Waals surface area contributed by atoms with Gasteiger partial charge in [0.1, 0.15) is 6.10 Å². The third kappa shape index (κ3) is 4.57. The monoisotopic (exact) mass is 284 g/mol. The average Bonchev–Trinajstić information content (AvgIpc) is 2.87. The Balaban J connectivity index is 2.58. The predicted molar refractivity (Wildman–Crippen MR) is 73.7 cm³/mol. The molecular formula is C13H24N4O3. The fraction of sp³-hybridized carbons (Fsp3) is 0.769. The van der Waals surface area contributed by atoms with Crippen molar-refractivity contribution in [2.24, 2.45) is 5.73 Å². The van der Waals surface area contributed by atoms with Gasteiger partial charge in [-0.2, -0.15) is 4.98 Å². The summed E-state index contributed by atoms with van der Waals surface area (Å²) in [7, 11) is 1.67. The molecule has 20 heavy (non-hydrogen) atoms. The van der Waals surface area contributed by atoms with Crippen LogP contribution in [0.3, 0.4) is 0 Å². The third-order valence-electron chi connectivity index (χ3n) is 2.93. The number of nitrogens with two attached hydrogens (primary N) is 1. The van der Waals surface area contributed by atoms with E-state index in [4.69, 9.17) is 15.0 Å². The number of carbonyl (C=O) groups is 1. The molecule has 0 aliphatic carbocycles. The number of rotatable bonds is 8. The number of amides is 1. The molecule has 0 radical (unpaired) electrons. The van der Waals surface area contributed by atoms with E-state index >= 15 is 0 Å². The SMILES string of the molecule is CCCC(N)C(=O)N(C)Cc1nc(C(C)OCC)no1. The molecule has 0 fully saturated rings. The molecule has 2 unspecified atom stereocenters. The minimum Gasteiger partial charge on any atom is -0.371 e.